The molecule has 3 aromatic rings. The fourth-order valence-electron chi connectivity index (χ4n) is 5.64. The molecule has 1 N–H and O–H groups in total. The summed E-state index contributed by atoms with van der Waals surface area (Å²) in [7, 11) is -4.12. The van der Waals surface area contributed by atoms with Crippen LogP contribution < -0.4 is 9.62 Å². The highest BCUT2D eigenvalue weighted by molar-refractivity contribution is 7.92. The highest BCUT2D eigenvalue weighted by atomic mass is 35.5. The van der Waals surface area contributed by atoms with E-state index in [1.165, 1.54) is 4.90 Å². The SMILES string of the molecule is CC[C@@H](C(=O)NC1CCCCC1)N(Cc1ccc(Cl)cc1)C(=O)CN(c1ccc(C(C)C)cc1)S(=O)(=O)c1ccc(C)cc1. The van der Waals surface area contributed by atoms with Crippen LogP contribution in [-0.4, -0.2) is 43.8 Å². The molecule has 0 spiro atoms. The zero-order valence-corrected chi connectivity index (χ0v) is 27.7. The summed E-state index contributed by atoms with van der Waals surface area (Å²) < 4.78 is 29.4. The fraction of sp³-hybridized carbons (Fsp3) is 0.429. The predicted octanol–water partition coefficient (Wildman–Crippen LogP) is 7.22. The molecule has 44 heavy (non-hydrogen) atoms. The Labute approximate surface area is 267 Å². The van der Waals surface area contributed by atoms with E-state index in [9.17, 15) is 18.0 Å². The molecule has 236 valence electrons. The lowest BCUT2D eigenvalue weighted by Crippen LogP contribution is -2.54. The maximum atomic E-state index is 14.3. The topological polar surface area (TPSA) is 86.8 Å². The van der Waals surface area contributed by atoms with E-state index in [1.54, 1.807) is 48.5 Å². The molecule has 1 atom stereocenters. The molecule has 0 heterocycles. The Hall–Kier alpha value is -3.36. The molecule has 1 aliphatic carbocycles. The van der Waals surface area contributed by atoms with Crippen LogP contribution in [0.3, 0.4) is 0 Å². The van der Waals surface area contributed by atoms with E-state index in [4.69, 9.17) is 11.6 Å². The van der Waals surface area contributed by atoms with Gasteiger partial charge in [-0.25, -0.2) is 8.42 Å². The third-order valence-electron chi connectivity index (χ3n) is 8.34. The largest absolute Gasteiger partial charge is 0.352 e. The van der Waals surface area contributed by atoms with Gasteiger partial charge >= 0.3 is 0 Å². The number of carbonyl (C=O) groups is 2. The zero-order valence-electron chi connectivity index (χ0n) is 26.1. The number of anilines is 1. The molecule has 4 rings (SSSR count). The Kier molecular flexibility index (Phi) is 11.5. The molecule has 0 aromatic heterocycles. The first-order valence-electron chi connectivity index (χ1n) is 15.5. The van der Waals surface area contributed by atoms with Gasteiger partial charge in [0.25, 0.3) is 10.0 Å². The van der Waals surface area contributed by atoms with Gasteiger partial charge in [0.15, 0.2) is 0 Å². The van der Waals surface area contributed by atoms with Crippen LogP contribution in [-0.2, 0) is 26.2 Å². The number of carbonyl (C=O) groups excluding carboxylic acids is 2. The monoisotopic (exact) mass is 637 g/mol. The van der Waals surface area contributed by atoms with E-state index in [1.807, 2.05) is 38.1 Å². The Bertz CT molecular complexity index is 1500. The number of aryl methyl sites for hydroxylation is 1. The Morgan fingerprint density at radius 1 is 0.909 bits per heavy atom. The zero-order chi connectivity index (χ0) is 31.9. The number of hydrogen-bond donors (Lipinski definition) is 1. The molecule has 0 aliphatic heterocycles. The van der Waals surface area contributed by atoms with Gasteiger partial charge in [-0.2, -0.15) is 0 Å². The Morgan fingerprint density at radius 3 is 2.09 bits per heavy atom. The minimum atomic E-state index is -4.12. The molecule has 0 radical (unpaired) electrons. The van der Waals surface area contributed by atoms with Gasteiger partial charge in [0.1, 0.15) is 12.6 Å². The van der Waals surface area contributed by atoms with E-state index in [2.05, 4.69) is 19.2 Å². The minimum absolute atomic E-state index is 0.0793. The highest BCUT2D eigenvalue weighted by Crippen LogP contribution is 2.27. The van der Waals surface area contributed by atoms with Crippen LogP contribution in [0.25, 0.3) is 0 Å². The quantitative estimate of drug-likeness (QED) is 0.227. The van der Waals surface area contributed by atoms with Gasteiger partial charge in [-0.1, -0.05) is 93.6 Å². The number of hydrogen-bond acceptors (Lipinski definition) is 4. The number of nitrogens with zero attached hydrogens (tertiary/aromatic N) is 2. The molecule has 0 bridgehead atoms. The molecule has 9 heteroatoms. The molecule has 2 amide bonds. The average molecular weight is 638 g/mol. The summed E-state index contributed by atoms with van der Waals surface area (Å²) in [6.45, 7) is 7.57. The van der Waals surface area contributed by atoms with Gasteiger partial charge in [0, 0.05) is 17.6 Å². The lowest BCUT2D eigenvalue weighted by Gasteiger charge is -2.34. The van der Waals surface area contributed by atoms with Crippen molar-refractivity contribution in [1.82, 2.24) is 10.2 Å². The average Bonchev–Trinajstić information content (AvgIpc) is 3.01. The maximum Gasteiger partial charge on any atom is 0.264 e. The first kappa shape index (κ1) is 33.5. The summed E-state index contributed by atoms with van der Waals surface area (Å²) in [5, 5.41) is 3.74. The third kappa shape index (κ3) is 8.42. The summed E-state index contributed by atoms with van der Waals surface area (Å²) in [4.78, 5) is 29.6. The molecule has 1 aliphatic rings. The number of amides is 2. The summed E-state index contributed by atoms with van der Waals surface area (Å²) in [5.74, 6) is -0.416. The van der Waals surface area contributed by atoms with Crippen LogP contribution in [0.1, 0.15) is 81.9 Å². The third-order valence-corrected chi connectivity index (χ3v) is 10.4. The Balaban J connectivity index is 1.71. The van der Waals surface area contributed by atoms with Crippen molar-refractivity contribution in [3.8, 4) is 0 Å². The standard InChI is InChI=1S/C35H44ClN3O4S/c1-5-33(35(41)37-30-9-7-6-8-10-30)38(23-27-13-17-29(36)18-14-27)34(40)24-39(31-19-15-28(16-20-31)25(2)3)44(42,43)32-21-11-26(4)12-22-32/h11-22,25,30,33H,5-10,23-24H2,1-4H3,(H,37,41)/t33-/m0/s1. The molecule has 1 saturated carbocycles. The van der Waals surface area contributed by atoms with Crippen LogP contribution >= 0.6 is 11.6 Å². The number of halogens is 1. The summed E-state index contributed by atoms with van der Waals surface area (Å²) >= 11 is 6.13. The molecule has 1 fully saturated rings. The van der Waals surface area contributed by atoms with Crippen LogP contribution in [0, 0.1) is 6.92 Å². The molecular weight excluding hydrogens is 594 g/mol. The second-order valence-corrected chi connectivity index (χ2v) is 14.3. The van der Waals surface area contributed by atoms with E-state index in [0.717, 1.165) is 53.1 Å². The highest BCUT2D eigenvalue weighted by Gasteiger charge is 2.34. The van der Waals surface area contributed by atoms with Gasteiger partial charge in [-0.05, 0) is 79.6 Å². The van der Waals surface area contributed by atoms with Crippen LogP contribution in [0.5, 0.6) is 0 Å². The van der Waals surface area contributed by atoms with Crippen molar-refractivity contribution >= 4 is 39.1 Å². The van der Waals surface area contributed by atoms with Crippen LogP contribution in [0.4, 0.5) is 5.69 Å². The van der Waals surface area contributed by atoms with Gasteiger partial charge in [-0.15, -0.1) is 0 Å². The number of benzene rings is 3. The summed E-state index contributed by atoms with van der Waals surface area (Å²) in [6, 6.07) is 20.3. The van der Waals surface area contributed by atoms with Crippen molar-refractivity contribution in [2.24, 2.45) is 0 Å². The summed E-state index contributed by atoms with van der Waals surface area (Å²) in [6.07, 6.45) is 5.51. The van der Waals surface area contributed by atoms with Crippen molar-refractivity contribution < 1.29 is 18.0 Å². The van der Waals surface area contributed by atoms with Crippen molar-refractivity contribution in [3.05, 3.63) is 94.5 Å². The van der Waals surface area contributed by atoms with Crippen molar-refractivity contribution in [2.75, 3.05) is 10.8 Å². The maximum absolute atomic E-state index is 14.3. The number of sulfonamides is 1. The smallest absolute Gasteiger partial charge is 0.264 e. The first-order chi connectivity index (χ1) is 21.0. The van der Waals surface area contributed by atoms with E-state index >= 15 is 0 Å². The normalized spacial score (nSPS) is 14.7. The lowest BCUT2D eigenvalue weighted by molar-refractivity contribution is -0.140. The van der Waals surface area contributed by atoms with Gasteiger partial charge in [-0.3, -0.25) is 13.9 Å². The lowest BCUT2D eigenvalue weighted by atomic mass is 9.95. The van der Waals surface area contributed by atoms with E-state index in [-0.39, 0.29) is 29.3 Å². The first-order valence-corrected chi connectivity index (χ1v) is 17.3. The van der Waals surface area contributed by atoms with Gasteiger partial charge < -0.3 is 10.2 Å². The molecule has 7 nitrogen and oxygen atoms in total. The van der Waals surface area contributed by atoms with E-state index in [0.29, 0.717) is 17.1 Å². The summed E-state index contributed by atoms with van der Waals surface area (Å²) in [5.41, 5.74) is 3.16. The predicted molar refractivity (Wildman–Crippen MR) is 177 cm³/mol. The number of rotatable bonds is 12. The molecule has 0 unspecified atom stereocenters. The number of nitrogens with one attached hydrogen (secondary N) is 1. The van der Waals surface area contributed by atoms with Gasteiger partial charge in [0.2, 0.25) is 11.8 Å². The fourth-order valence-corrected chi connectivity index (χ4v) is 7.18. The second kappa shape index (κ2) is 15.1. The van der Waals surface area contributed by atoms with Gasteiger partial charge in [0.05, 0.1) is 10.6 Å². The van der Waals surface area contributed by atoms with Crippen LogP contribution in [0.15, 0.2) is 77.7 Å². The second-order valence-electron chi connectivity index (χ2n) is 12.0. The van der Waals surface area contributed by atoms with Crippen molar-refractivity contribution in [2.45, 2.75) is 95.7 Å². The van der Waals surface area contributed by atoms with E-state index < -0.39 is 28.5 Å². The van der Waals surface area contributed by atoms with Crippen LogP contribution in [0.2, 0.25) is 5.02 Å². The Morgan fingerprint density at radius 2 is 1.52 bits per heavy atom. The van der Waals surface area contributed by atoms with Crippen molar-refractivity contribution in [1.29, 1.82) is 0 Å². The molecular formula is C35H44ClN3O4S. The molecule has 0 saturated heterocycles. The molecule has 3 aromatic carbocycles. The minimum Gasteiger partial charge on any atom is -0.352 e. The van der Waals surface area contributed by atoms with Crippen molar-refractivity contribution in [3.63, 3.8) is 0 Å².